The minimum absolute atomic E-state index is 0.203. The first-order chi connectivity index (χ1) is 6.25. The van der Waals surface area contributed by atoms with Crippen molar-refractivity contribution in [1.82, 2.24) is 0 Å². The Kier molecular flexibility index (Phi) is 2.82. The largest absolute Gasteiger partial charge is 0.478 e. The molecule has 0 amide bonds. The summed E-state index contributed by atoms with van der Waals surface area (Å²) >= 11 is 0. The molecule has 0 aromatic heterocycles. The van der Waals surface area contributed by atoms with Gasteiger partial charge in [0.1, 0.15) is 0 Å². The van der Waals surface area contributed by atoms with Crippen LogP contribution in [0, 0.1) is 11.3 Å². The molecule has 0 heterocycles. The number of hydrogen-bond acceptors (Lipinski definition) is 2. The third-order valence-corrected chi connectivity index (χ3v) is 1.53. The van der Waals surface area contributed by atoms with Crippen LogP contribution >= 0.6 is 0 Å². The molecule has 0 atom stereocenters. The predicted octanol–water partition coefficient (Wildman–Crippen LogP) is 1.92. The maximum atomic E-state index is 10.7. The normalized spacial score (nSPS) is 9.77. The molecule has 0 radical (unpaired) electrons. The molecule has 3 heteroatoms. The molecule has 0 bridgehead atoms. The van der Waals surface area contributed by atoms with E-state index in [1.165, 1.54) is 18.2 Å². The second-order valence-corrected chi connectivity index (χ2v) is 2.35. The van der Waals surface area contributed by atoms with Crippen LogP contribution in [0.5, 0.6) is 0 Å². The summed E-state index contributed by atoms with van der Waals surface area (Å²) in [5.74, 6) is -0.988. The van der Waals surface area contributed by atoms with E-state index < -0.39 is 5.97 Å². The van der Waals surface area contributed by atoms with Gasteiger partial charge in [0.05, 0.1) is 11.6 Å². The highest BCUT2D eigenvalue weighted by Crippen LogP contribution is 2.10. The molecule has 3 nitrogen and oxygen atoms in total. The van der Waals surface area contributed by atoms with Gasteiger partial charge in [-0.1, -0.05) is 18.2 Å². The maximum Gasteiger partial charge on any atom is 0.336 e. The summed E-state index contributed by atoms with van der Waals surface area (Å²) in [6.45, 7) is 0. The summed E-state index contributed by atoms with van der Waals surface area (Å²) in [5, 5.41) is 17.0. The smallest absolute Gasteiger partial charge is 0.336 e. The third kappa shape index (κ3) is 2.17. The lowest BCUT2D eigenvalue weighted by Gasteiger charge is -1.98. The van der Waals surface area contributed by atoms with E-state index in [2.05, 4.69) is 0 Å². The number of aromatic carboxylic acids is 1. The molecule has 0 fully saturated rings. The molecule has 1 rings (SSSR count). The van der Waals surface area contributed by atoms with Gasteiger partial charge in [0, 0.05) is 6.08 Å². The van der Waals surface area contributed by atoms with E-state index in [0.717, 1.165) is 0 Å². The standard InChI is InChI=1S/C10H7NO2/c11-7-3-5-8-4-1-2-6-9(8)10(12)13/h1-6H,(H,12,13)/b5-3+. The average Bonchev–Trinajstić information content (AvgIpc) is 2.15. The fraction of sp³-hybridized carbons (Fsp3) is 0. The SMILES string of the molecule is N#C/C=C/c1ccccc1C(=O)O. The minimum Gasteiger partial charge on any atom is -0.478 e. The van der Waals surface area contributed by atoms with Crippen LogP contribution in [0.4, 0.5) is 0 Å². The first kappa shape index (κ1) is 9.01. The number of allylic oxidation sites excluding steroid dienone is 1. The molecule has 0 aliphatic heterocycles. The number of nitrogens with zero attached hydrogens (tertiary/aromatic N) is 1. The van der Waals surface area contributed by atoms with Crippen molar-refractivity contribution in [2.75, 3.05) is 0 Å². The second kappa shape index (κ2) is 4.07. The Morgan fingerprint density at radius 2 is 2.15 bits per heavy atom. The lowest BCUT2D eigenvalue weighted by molar-refractivity contribution is 0.0696. The molecule has 0 saturated carbocycles. The van der Waals surface area contributed by atoms with Crippen molar-refractivity contribution in [3.05, 3.63) is 41.5 Å². The van der Waals surface area contributed by atoms with Crippen LogP contribution in [-0.2, 0) is 0 Å². The first-order valence-corrected chi connectivity index (χ1v) is 3.64. The molecule has 64 valence electrons. The number of carboxylic acids is 1. The van der Waals surface area contributed by atoms with E-state index in [-0.39, 0.29) is 5.56 Å². The van der Waals surface area contributed by atoms with Crippen LogP contribution in [0.1, 0.15) is 15.9 Å². The molecule has 0 aliphatic carbocycles. The van der Waals surface area contributed by atoms with Gasteiger partial charge in [0.15, 0.2) is 0 Å². The van der Waals surface area contributed by atoms with Crippen molar-refractivity contribution in [3.63, 3.8) is 0 Å². The highest BCUT2D eigenvalue weighted by molar-refractivity contribution is 5.92. The van der Waals surface area contributed by atoms with Gasteiger partial charge < -0.3 is 5.11 Å². The number of nitriles is 1. The van der Waals surface area contributed by atoms with Crippen molar-refractivity contribution in [2.45, 2.75) is 0 Å². The first-order valence-electron chi connectivity index (χ1n) is 3.64. The van der Waals surface area contributed by atoms with E-state index in [4.69, 9.17) is 10.4 Å². The lowest BCUT2D eigenvalue weighted by atomic mass is 10.1. The summed E-state index contributed by atoms with van der Waals surface area (Å²) < 4.78 is 0. The predicted molar refractivity (Wildman–Crippen MR) is 48.0 cm³/mol. The highest BCUT2D eigenvalue weighted by Gasteiger charge is 2.05. The zero-order valence-corrected chi connectivity index (χ0v) is 6.77. The van der Waals surface area contributed by atoms with Gasteiger partial charge in [-0.05, 0) is 17.7 Å². The fourth-order valence-electron chi connectivity index (χ4n) is 0.964. The Balaban J connectivity index is 3.14. The number of carboxylic acid groups (broad SMARTS) is 1. The molecular formula is C10H7NO2. The van der Waals surface area contributed by atoms with Gasteiger partial charge in [-0.2, -0.15) is 5.26 Å². The number of hydrogen-bond donors (Lipinski definition) is 1. The molecule has 0 saturated heterocycles. The van der Waals surface area contributed by atoms with E-state index >= 15 is 0 Å². The summed E-state index contributed by atoms with van der Waals surface area (Å²) in [5.41, 5.74) is 0.741. The molecule has 13 heavy (non-hydrogen) atoms. The second-order valence-electron chi connectivity index (χ2n) is 2.35. The summed E-state index contributed by atoms with van der Waals surface area (Å²) in [6, 6.07) is 8.33. The molecule has 1 aromatic rings. The Hall–Kier alpha value is -2.08. The lowest BCUT2D eigenvalue weighted by Crippen LogP contribution is -1.98. The minimum atomic E-state index is -0.988. The quantitative estimate of drug-likeness (QED) is 0.695. The summed E-state index contributed by atoms with van der Waals surface area (Å²) in [7, 11) is 0. The Bertz CT molecular complexity index is 388. The van der Waals surface area contributed by atoms with Gasteiger partial charge in [-0.15, -0.1) is 0 Å². The van der Waals surface area contributed by atoms with Gasteiger partial charge in [0.2, 0.25) is 0 Å². The molecular weight excluding hydrogens is 166 g/mol. The highest BCUT2D eigenvalue weighted by atomic mass is 16.4. The van der Waals surface area contributed by atoms with Gasteiger partial charge in [0.25, 0.3) is 0 Å². The van der Waals surface area contributed by atoms with Crippen LogP contribution in [-0.4, -0.2) is 11.1 Å². The van der Waals surface area contributed by atoms with Crippen molar-refractivity contribution in [1.29, 1.82) is 5.26 Å². The van der Waals surface area contributed by atoms with Crippen LogP contribution in [0.2, 0.25) is 0 Å². The van der Waals surface area contributed by atoms with Gasteiger partial charge in [-0.3, -0.25) is 0 Å². The Morgan fingerprint density at radius 3 is 2.77 bits per heavy atom. The van der Waals surface area contributed by atoms with E-state index in [9.17, 15) is 4.79 Å². The number of rotatable bonds is 2. The number of carbonyl (C=O) groups is 1. The van der Waals surface area contributed by atoms with E-state index in [0.29, 0.717) is 5.56 Å². The molecule has 0 unspecified atom stereocenters. The van der Waals surface area contributed by atoms with Crippen LogP contribution in [0.25, 0.3) is 6.08 Å². The van der Waals surface area contributed by atoms with Crippen molar-refractivity contribution in [2.24, 2.45) is 0 Å². The molecule has 0 aliphatic rings. The van der Waals surface area contributed by atoms with Crippen LogP contribution in [0.3, 0.4) is 0 Å². The number of benzene rings is 1. The maximum absolute atomic E-state index is 10.7. The Labute approximate surface area is 75.5 Å². The zero-order chi connectivity index (χ0) is 9.68. The van der Waals surface area contributed by atoms with Crippen molar-refractivity contribution >= 4 is 12.0 Å². The van der Waals surface area contributed by atoms with Crippen molar-refractivity contribution < 1.29 is 9.90 Å². The van der Waals surface area contributed by atoms with Gasteiger partial charge in [-0.25, -0.2) is 4.79 Å². The van der Waals surface area contributed by atoms with E-state index in [1.54, 1.807) is 18.2 Å². The summed E-state index contributed by atoms with van der Waals surface area (Å²) in [6.07, 6.45) is 2.73. The topological polar surface area (TPSA) is 61.1 Å². The average molecular weight is 173 g/mol. The molecule has 1 N–H and O–H groups in total. The monoisotopic (exact) mass is 173 g/mol. The van der Waals surface area contributed by atoms with Crippen LogP contribution in [0.15, 0.2) is 30.3 Å². The molecule has 0 spiro atoms. The summed E-state index contributed by atoms with van der Waals surface area (Å²) in [4.78, 5) is 10.7. The van der Waals surface area contributed by atoms with Crippen LogP contribution < -0.4 is 0 Å². The van der Waals surface area contributed by atoms with Gasteiger partial charge >= 0.3 is 5.97 Å². The third-order valence-electron chi connectivity index (χ3n) is 1.53. The van der Waals surface area contributed by atoms with E-state index in [1.807, 2.05) is 6.07 Å². The van der Waals surface area contributed by atoms with Crippen molar-refractivity contribution in [3.8, 4) is 6.07 Å². The zero-order valence-electron chi connectivity index (χ0n) is 6.77. The molecule has 1 aromatic carbocycles. The Morgan fingerprint density at radius 1 is 1.46 bits per heavy atom. The fourth-order valence-corrected chi connectivity index (χ4v) is 0.964.